The molecule has 0 bridgehead atoms. The van der Waals surface area contributed by atoms with Gasteiger partial charge in [0.15, 0.2) is 0 Å². The predicted molar refractivity (Wildman–Crippen MR) is 81.1 cm³/mol. The molecular formula is C17H22N2. The molecule has 0 aliphatic heterocycles. The summed E-state index contributed by atoms with van der Waals surface area (Å²) in [6.45, 7) is 0. The van der Waals surface area contributed by atoms with Crippen molar-refractivity contribution in [2.24, 2.45) is 0 Å². The topological polar surface area (TPSA) is 24.1 Å². The number of hydrogen-bond donors (Lipinski definition) is 2. The van der Waals surface area contributed by atoms with Gasteiger partial charge in [-0.15, -0.1) is 0 Å². The molecule has 0 saturated carbocycles. The average Bonchev–Trinajstić information content (AvgIpc) is 2.50. The first-order valence-corrected chi connectivity index (χ1v) is 6.79. The zero-order chi connectivity index (χ0) is 13.5. The molecule has 2 aromatic rings. The summed E-state index contributed by atoms with van der Waals surface area (Å²) in [6.07, 6.45) is 1.03. The lowest BCUT2D eigenvalue weighted by Gasteiger charge is -2.24. The fraction of sp³-hybridized carbons (Fsp3) is 0.294. The van der Waals surface area contributed by atoms with E-state index in [2.05, 4.69) is 71.3 Å². The number of rotatable bonds is 6. The lowest BCUT2D eigenvalue weighted by atomic mass is 9.95. The van der Waals surface area contributed by atoms with Crippen LogP contribution >= 0.6 is 0 Å². The van der Waals surface area contributed by atoms with Gasteiger partial charge in [-0.3, -0.25) is 0 Å². The molecule has 0 fully saturated rings. The zero-order valence-electron chi connectivity index (χ0n) is 11.6. The maximum atomic E-state index is 3.41. The van der Waals surface area contributed by atoms with E-state index in [9.17, 15) is 0 Å². The minimum Gasteiger partial charge on any atom is -0.313 e. The molecule has 19 heavy (non-hydrogen) atoms. The number of nitrogens with one attached hydrogen (secondary N) is 2. The largest absolute Gasteiger partial charge is 0.313 e. The van der Waals surface area contributed by atoms with Crippen molar-refractivity contribution in [2.45, 2.75) is 18.5 Å². The van der Waals surface area contributed by atoms with E-state index in [1.807, 2.05) is 14.1 Å². The molecule has 0 saturated heterocycles. The number of benzene rings is 2. The van der Waals surface area contributed by atoms with Crippen LogP contribution in [0.1, 0.15) is 29.6 Å². The summed E-state index contributed by atoms with van der Waals surface area (Å²) in [5.74, 6) is 0. The van der Waals surface area contributed by atoms with Crippen LogP contribution in [-0.2, 0) is 0 Å². The molecule has 0 amide bonds. The third kappa shape index (κ3) is 3.66. The molecule has 0 heterocycles. The van der Waals surface area contributed by atoms with Crippen LogP contribution in [0, 0.1) is 0 Å². The minimum absolute atomic E-state index is 0.360. The summed E-state index contributed by atoms with van der Waals surface area (Å²) < 4.78 is 0. The van der Waals surface area contributed by atoms with Gasteiger partial charge < -0.3 is 10.6 Å². The van der Waals surface area contributed by atoms with E-state index in [1.165, 1.54) is 11.1 Å². The summed E-state index contributed by atoms with van der Waals surface area (Å²) in [7, 11) is 4.05. The molecule has 0 spiro atoms. The van der Waals surface area contributed by atoms with E-state index in [0.29, 0.717) is 12.1 Å². The first-order chi connectivity index (χ1) is 9.35. The van der Waals surface area contributed by atoms with Crippen molar-refractivity contribution < 1.29 is 0 Å². The number of hydrogen-bond acceptors (Lipinski definition) is 2. The summed E-state index contributed by atoms with van der Waals surface area (Å²) in [6, 6.07) is 21.9. The Hall–Kier alpha value is -1.64. The Bertz CT molecular complexity index is 422. The van der Waals surface area contributed by atoms with Gasteiger partial charge in [-0.25, -0.2) is 0 Å². The first kappa shape index (κ1) is 13.8. The van der Waals surface area contributed by atoms with Gasteiger partial charge in [0.05, 0.1) is 0 Å². The Morgan fingerprint density at radius 2 is 1.05 bits per heavy atom. The minimum atomic E-state index is 0.360. The van der Waals surface area contributed by atoms with Gasteiger partial charge in [-0.2, -0.15) is 0 Å². The Balaban J connectivity index is 2.13. The van der Waals surface area contributed by atoms with Crippen molar-refractivity contribution in [3.8, 4) is 0 Å². The van der Waals surface area contributed by atoms with Crippen LogP contribution in [0.5, 0.6) is 0 Å². The Morgan fingerprint density at radius 3 is 1.37 bits per heavy atom. The van der Waals surface area contributed by atoms with E-state index >= 15 is 0 Å². The highest BCUT2D eigenvalue weighted by molar-refractivity contribution is 5.22. The summed E-state index contributed by atoms with van der Waals surface area (Å²) in [5, 5.41) is 6.83. The summed E-state index contributed by atoms with van der Waals surface area (Å²) in [4.78, 5) is 0. The Morgan fingerprint density at radius 1 is 0.684 bits per heavy atom. The molecule has 2 atom stereocenters. The first-order valence-electron chi connectivity index (χ1n) is 6.79. The quantitative estimate of drug-likeness (QED) is 0.826. The molecule has 0 radical (unpaired) electrons. The van der Waals surface area contributed by atoms with Crippen molar-refractivity contribution >= 4 is 0 Å². The summed E-state index contributed by atoms with van der Waals surface area (Å²) >= 11 is 0. The third-order valence-electron chi connectivity index (χ3n) is 3.57. The van der Waals surface area contributed by atoms with Crippen molar-refractivity contribution in [1.29, 1.82) is 0 Å². The lowest BCUT2D eigenvalue weighted by molar-refractivity contribution is 0.447. The SMILES string of the molecule is CNC(C[C@H](NC)c1ccccc1)c1ccccc1. The second kappa shape index (κ2) is 7.07. The zero-order valence-corrected chi connectivity index (χ0v) is 11.6. The van der Waals surface area contributed by atoms with Crippen molar-refractivity contribution in [3.05, 3.63) is 71.8 Å². The predicted octanol–water partition coefficient (Wildman–Crippen LogP) is 3.30. The van der Waals surface area contributed by atoms with Gasteiger partial charge in [-0.1, -0.05) is 60.7 Å². The standard InChI is InChI=1S/C17H22N2/c1-18-16(14-9-5-3-6-10-14)13-17(19-2)15-11-7-4-8-12-15/h3-12,16-19H,13H2,1-2H3/t16-,17?/m0/s1. The normalized spacial score (nSPS) is 14.0. The van der Waals surface area contributed by atoms with Crippen LogP contribution in [-0.4, -0.2) is 14.1 Å². The highest BCUT2D eigenvalue weighted by Gasteiger charge is 2.16. The van der Waals surface area contributed by atoms with E-state index in [0.717, 1.165) is 6.42 Å². The van der Waals surface area contributed by atoms with E-state index < -0.39 is 0 Å². The second-order valence-electron chi connectivity index (χ2n) is 4.74. The molecule has 0 aliphatic carbocycles. The van der Waals surface area contributed by atoms with Crippen LogP contribution in [0.4, 0.5) is 0 Å². The highest BCUT2D eigenvalue weighted by atomic mass is 14.9. The monoisotopic (exact) mass is 254 g/mol. The van der Waals surface area contributed by atoms with Crippen molar-refractivity contribution in [1.82, 2.24) is 10.6 Å². The molecule has 1 unspecified atom stereocenters. The molecular weight excluding hydrogens is 232 g/mol. The second-order valence-corrected chi connectivity index (χ2v) is 4.74. The smallest absolute Gasteiger partial charge is 0.0335 e. The van der Waals surface area contributed by atoms with Crippen molar-refractivity contribution in [2.75, 3.05) is 14.1 Å². The van der Waals surface area contributed by atoms with E-state index in [1.54, 1.807) is 0 Å². The van der Waals surface area contributed by atoms with E-state index in [4.69, 9.17) is 0 Å². The van der Waals surface area contributed by atoms with Gasteiger partial charge in [0.25, 0.3) is 0 Å². The summed E-state index contributed by atoms with van der Waals surface area (Å²) in [5.41, 5.74) is 2.67. The molecule has 0 aromatic heterocycles. The van der Waals surface area contributed by atoms with Gasteiger partial charge in [0.1, 0.15) is 0 Å². The molecule has 2 aromatic carbocycles. The maximum absolute atomic E-state index is 3.41. The van der Waals surface area contributed by atoms with Gasteiger partial charge in [-0.05, 0) is 31.6 Å². The van der Waals surface area contributed by atoms with Crippen LogP contribution in [0.15, 0.2) is 60.7 Å². The van der Waals surface area contributed by atoms with Crippen LogP contribution in [0.3, 0.4) is 0 Å². The fourth-order valence-electron chi connectivity index (χ4n) is 2.45. The lowest BCUT2D eigenvalue weighted by Crippen LogP contribution is -2.25. The van der Waals surface area contributed by atoms with Crippen LogP contribution in [0.2, 0.25) is 0 Å². The van der Waals surface area contributed by atoms with E-state index in [-0.39, 0.29) is 0 Å². The molecule has 0 aliphatic rings. The van der Waals surface area contributed by atoms with Gasteiger partial charge >= 0.3 is 0 Å². The van der Waals surface area contributed by atoms with Crippen molar-refractivity contribution in [3.63, 3.8) is 0 Å². The molecule has 2 N–H and O–H groups in total. The average molecular weight is 254 g/mol. The maximum Gasteiger partial charge on any atom is 0.0335 e. The van der Waals surface area contributed by atoms with Gasteiger partial charge in [0, 0.05) is 12.1 Å². The van der Waals surface area contributed by atoms with Crippen LogP contribution < -0.4 is 10.6 Å². The van der Waals surface area contributed by atoms with Crippen LogP contribution in [0.25, 0.3) is 0 Å². The van der Waals surface area contributed by atoms with Gasteiger partial charge in [0.2, 0.25) is 0 Å². The fourth-order valence-corrected chi connectivity index (χ4v) is 2.45. The molecule has 100 valence electrons. The Labute approximate surface area is 115 Å². The molecule has 2 nitrogen and oxygen atoms in total. The highest BCUT2D eigenvalue weighted by Crippen LogP contribution is 2.25. The Kier molecular flexibility index (Phi) is 5.13. The molecule has 2 rings (SSSR count). The third-order valence-corrected chi connectivity index (χ3v) is 3.57. The molecule has 2 heteroatoms.